The van der Waals surface area contributed by atoms with E-state index in [1.54, 1.807) is 30.1 Å². The van der Waals surface area contributed by atoms with E-state index in [0.29, 0.717) is 17.7 Å². The lowest BCUT2D eigenvalue weighted by atomic mass is 10.00. The maximum absolute atomic E-state index is 14.2. The van der Waals surface area contributed by atoms with Gasteiger partial charge in [0.05, 0.1) is 4.90 Å². The van der Waals surface area contributed by atoms with E-state index in [2.05, 4.69) is 0 Å². The molecule has 0 aromatic heterocycles. The molecular formula is C15H13FN2O3S. The molecule has 7 heteroatoms. The first-order valence-electron chi connectivity index (χ1n) is 6.48. The van der Waals surface area contributed by atoms with Crippen LogP contribution in [-0.4, -0.2) is 26.3 Å². The number of nitrogens with zero attached hydrogens (tertiary/aromatic N) is 1. The Balaban J connectivity index is 2.07. The summed E-state index contributed by atoms with van der Waals surface area (Å²) < 4.78 is 36.6. The SMILES string of the molecule is CN1Cc2cc(-c3ccc(S(N)(=O)=O)cc3F)ccc2C1=O. The lowest BCUT2D eigenvalue weighted by Crippen LogP contribution is -2.17. The fourth-order valence-electron chi connectivity index (χ4n) is 2.54. The predicted octanol–water partition coefficient (Wildman–Crippen LogP) is 1.73. The van der Waals surface area contributed by atoms with Crippen molar-refractivity contribution in [2.45, 2.75) is 11.4 Å². The van der Waals surface area contributed by atoms with Crippen LogP contribution in [0.2, 0.25) is 0 Å². The molecule has 0 saturated heterocycles. The molecule has 0 aliphatic carbocycles. The third-order valence-corrected chi connectivity index (χ3v) is 4.58. The Labute approximate surface area is 127 Å². The average molecular weight is 320 g/mol. The number of benzene rings is 2. The summed E-state index contributed by atoms with van der Waals surface area (Å²) in [4.78, 5) is 13.1. The minimum Gasteiger partial charge on any atom is -0.337 e. The van der Waals surface area contributed by atoms with Gasteiger partial charge < -0.3 is 4.90 Å². The van der Waals surface area contributed by atoms with Crippen LogP contribution < -0.4 is 5.14 Å². The van der Waals surface area contributed by atoms with Gasteiger partial charge in [0, 0.05) is 24.7 Å². The minimum absolute atomic E-state index is 0.0633. The number of fused-ring (bicyclic) bond motifs is 1. The Hall–Kier alpha value is -2.25. The largest absolute Gasteiger partial charge is 0.337 e. The van der Waals surface area contributed by atoms with Crippen molar-refractivity contribution in [3.05, 3.63) is 53.3 Å². The van der Waals surface area contributed by atoms with E-state index >= 15 is 0 Å². The van der Waals surface area contributed by atoms with Crippen molar-refractivity contribution < 1.29 is 17.6 Å². The molecule has 0 spiro atoms. The molecule has 0 saturated carbocycles. The second-order valence-electron chi connectivity index (χ2n) is 5.22. The second-order valence-corrected chi connectivity index (χ2v) is 6.78. The number of amides is 1. The Kier molecular flexibility index (Phi) is 3.26. The van der Waals surface area contributed by atoms with E-state index in [1.807, 2.05) is 0 Å². The van der Waals surface area contributed by atoms with Crippen molar-refractivity contribution in [3.63, 3.8) is 0 Å². The van der Waals surface area contributed by atoms with E-state index in [1.165, 1.54) is 12.1 Å². The molecule has 22 heavy (non-hydrogen) atoms. The Morgan fingerprint density at radius 1 is 1.14 bits per heavy atom. The smallest absolute Gasteiger partial charge is 0.254 e. The van der Waals surface area contributed by atoms with Crippen LogP contribution in [0.5, 0.6) is 0 Å². The van der Waals surface area contributed by atoms with Gasteiger partial charge in [-0.3, -0.25) is 4.79 Å². The van der Waals surface area contributed by atoms with Crippen LogP contribution in [0.4, 0.5) is 4.39 Å². The molecule has 2 N–H and O–H groups in total. The molecule has 2 aromatic carbocycles. The number of halogens is 1. The molecule has 114 valence electrons. The molecule has 0 bridgehead atoms. The highest BCUT2D eigenvalue weighted by atomic mass is 32.2. The lowest BCUT2D eigenvalue weighted by molar-refractivity contribution is 0.0816. The number of hydrogen-bond acceptors (Lipinski definition) is 3. The van der Waals surface area contributed by atoms with Crippen LogP contribution in [0.1, 0.15) is 15.9 Å². The van der Waals surface area contributed by atoms with Crippen LogP contribution >= 0.6 is 0 Å². The van der Waals surface area contributed by atoms with E-state index in [0.717, 1.165) is 11.6 Å². The van der Waals surface area contributed by atoms with Crippen LogP contribution in [0.3, 0.4) is 0 Å². The van der Waals surface area contributed by atoms with E-state index < -0.39 is 15.8 Å². The van der Waals surface area contributed by atoms with Crippen molar-refractivity contribution in [1.29, 1.82) is 0 Å². The molecule has 3 rings (SSSR count). The number of carbonyl (C=O) groups excluding carboxylic acids is 1. The van der Waals surface area contributed by atoms with Gasteiger partial charge >= 0.3 is 0 Å². The van der Waals surface area contributed by atoms with Gasteiger partial charge in [-0.2, -0.15) is 0 Å². The van der Waals surface area contributed by atoms with Crippen LogP contribution in [0, 0.1) is 5.82 Å². The molecule has 0 atom stereocenters. The first-order chi connectivity index (χ1) is 10.3. The fraction of sp³-hybridized carbons (Fsp3) is 0.133. The van der Waals surface area contributed by atoms with Crippen molar-refractivity contribution in [2.75, 3.05) is 7.05 Å². The summed E-state index contributed by atoms with van der Waals surface area (Å²) in [6.45, 7) is 0.471. The molecule has 0 radical (unpaired) electrons. The highest BCUT2D eigenvalue weighted by Gasteiger charge is 2.24. The molecule has 1 aliphatic heterocycles. The summed E-state index contributed by atoms with van der Waals surface area (Å²) >= 11 is 0. The van der Waals surface area contributed by atoms with Crippen LogP contribution in [0.25, 0.3) is 11.1 Å². The monoisotopic (exact) mass is 320 g/mol. The Morgan fingerprint density at radius 2 is 1.82 bits per heavy atom. The lowest BCUT2D eigenvalue weighted by Gasteiger charge is -2.07. The van der Waals surface area contributed by atoms with Crippen molar-refractivity contribution in [3.8, 4) is 11.1 Å². The maximum atomic E-state index is 14.2. The van der Waals surface area contributed by atoms with Gasteiger partial charge in [-0.05, 0) is 35.4 Å². The van der Waals surface area contributed by atoms with Gasteiger partial charge in [0.25, 0.3) is 5.91 Å². The molecule has 1 aliphatic rings. The molecular weight excluding hydrogens is 307 g/mol. The number of primary sulfonamides is 1. The summed E-state index contributed by atoms with van der Waals surface area (Å²) in [7, 11) is -2.24. The van der Waals surface area contributed by atoms with Crippen LogP contribution in [0.15, 0.2) is 41.3 Å². The third kappa shape index (κ3) is 2.38. The zero-order valence-corrected chi connectivity index (χ0v) is 12.5. The molecule has 0 fully saturated rings. The van der Waals surface area contributed by atoms with Gasteiger partial charge in [-0.15, -0.1) is 0 Å². The van der Waals surface area contributed by atoms with E-state index in [-0.39, 0.29) is 16.4 Å². The van der Waals surface area contributed by atoms with E-state index in [4.69, 9.17) is 5.14 Å². The predicted molar refractivity (Wildman–Crippen MR) is 79.0 cm³/mol. The van der Waals surface area contributed by atoms with Gasteiger partial charge in [0.2, 0.25) is 10.0 Å². The zero-order valence-electron chi connectivity index (χ0n) is 11.7. The molecule has 5 nitrogen and oxygen atoms in total. The molecule has 1 heterocycles. The molecule has 1 amide bonds. The van der Waals surface area contributed by atoms with E-state index in [9.17, 15) is 17.6 Å². The van der Waals surface area contributed by atoms with Gasteiger partial charge in [-0.1, -0.05) is 12.1 Å². The summed E-state index contributed by atoms with van der Waals surface area (Å²) in [6, 6.07) is 8.57. The first-order valence-corrected chi connectivity index (χ1v) is 8.03. The van der Waals surface area contributed by atoms with Crippen LogP contribution in [-0.2, 0) is 16.6 Å². The van der Waals surface area contributed by atoms with Gasteiger partial charge in [-0.25, -0.2) is 17.9 Å². The first kappa shape index (κ1) is 14.7. The van der Waals surface area contributed by atoms with Gasteiger partial charge in [0.1, 0.15) is 5.82 Å². The highest BCUT2D eigenvalue weighted by molar-refractivity contribution is 7.89. The summed E-state index contributed by atoms with van der Waals surface area (Å²) in [5.74, 6) is -0.740. The fourth-order valence-corrected chi connectivity index (χ4v) is 3.07. The Bertz CT molecular complexity index is 894. The highest BCUT2D eigenvalue weighted by Crippen LogP contribution is 2.30. The van der Waals surface area contributed by atoms with Crippen molar-refractivity contribution in [2.24, 2.45) is 5.14 Å². The number of sulfonamides is 1. The second kappa shape index (κ2) is 4.89. The number of carbonyl (C=O) groups is 1. The van der Waals surface area contributed by atoms with Crippen molar-refractivity contribution >= 4 is 15.9 Å². The number of rotatable bonds is 2. The standard InChI is InChI=1S/C15H13FN2O3S/c1-18-8-10-6-9(2-4-13(10)15(18)19)12-5-3-11(7-14(12)16)22(17,20)21/h2-7H,8H2,1H3,(H2,17,20,21). The zero-order chi connectivity index (χ0) is 16.1. The summed E-state index contributed by atoms with van der Waals surface area (Å²) in [5.41, 5.74) is 2.27. The maximum Gasteiger partial charge on any atom is 0.254 e. The minimum atomic E-state index is -3.94. The average Bonchev–Trinajstić information content (AvgIpc) is 2.72. The Morgan fingerprint density at radius 3 is 2.45 bits per heavy atom. The topological polar surface area (TPSA) is 80.5 Å². The summed E-state index contributed by atoms with van der Waals surface area (Å²) in [5, 5.41) is 4.98. The van der Waals surface area contributed by atoms with Gasteiger partial charge in [0.15, 0.2) is 0 Å². The number of hydrogen-bond donors (Lipinski definition) is 1. The third-order valence-electron chi connectivity index (χ3n) is 3.67. The summed E-state index contributed by atoms with van der Waals surface area (Å²) in [6.07, 6.45) is 0. The number of nitrogens with two attached hydrogens (primary N) is 1. The molecule has 2 aromatic rings. The van der Waals surface area contributed by atoms with Crippen molar-refractivity contribution in [1.82, 2.24) is 4.90 Å². The normalized spacial score (nSPS) is 14.3. The quantitative estimate of drug-likeness (QED) is 0.915. The molecule has 0 unspecified atom stereocenters.